The van der Waals surface area contributed by atoms with Crippen LogP contribution in [0.25, 0.3) is 0 Å². The second-order valence-electron chi connectivity index (χ2n) is 5.49. The number of aliphatic imine (C=N–C) groups is 1. The predicted octanol–water partition coefficient (Wildman–Crippen LogP) is 2.18. The maximum absolute atomic E-state index is 5.82. The van der Waals surface area contributed by atoms with Crippen molar-refractivity contribution in [1.29, 1.82) is 0 Å². The van der Waals surface area contributed by atoms with E-state index in [4.69, 9.17) is 5.73 Å². The normalized spacial score (nSPS) is 18.3. The first-order chi connectivity index (χ1) is 8.06. The van der Waals surface area contributed by atoms with E-state index in [9.17, 15) is 0 Å². The molecule has 0 aromatic carbocycles. The highest BCUT2D eigenvalue weighted by atomic mass is 127. The fraction of sp³-hybridized carbons (Fsp3) is 0.923. The number of nitrogens with one attached hydrogen (secondary N) is 1. The van der Waals surface area contributed by atoms with Gasteiger partial charge in [0.1, 0.15) is 0 Å². The van der Waals surface area contributed by atoms with Gasteiger partial charge in [-0.05, 0) is 46.2 Å². The topological polar surface area (TPSA) is 53.6 Å². The molecule has 0 aliphatic carbocycles. The smallest absolute Gasteiger partial charge is 0.188 e. The summed E-state index contributed by atoms with van der Waals surface area (Å²) in [7, 11) is 0. The van der Waals surface area contributed by atoms with Crippen LogP contribution < -0.4 is 11.1 Å². The summed E-state index contributed by atoms with van der Waals surface area (Å²) < 4.78 is 0. The molecule has 4 nitrogen and oxygen atoms in total. The average Bonchev–Trinajstić information content (AvgIpc) is 2.35. The Bertz CT molecular complexity index is 247. The Hall–Kier alpha value is -0.0400. The summed E-state index contributed by atoms with van der Waals surface area (Å²) in [5, 5.41) is 3.12. The molecular weight excluding hydrogens is 339 g/mol. The number of rotatable bonds is 5. The summed E-state index contributed by atoms with van der Waals surface area (Å²) in [5.41, 5.74) is 5.94. The van der Waals surface area contributed by atoms with E-state index in [-0.39, 0.29) is 29.5 Å². The molecule has 108 valence electrons. The second-order valence-corrected chi connectivity index (χ2v) is 5.49. The predicted molar refractivity (Wildman–Crippen MR) is 89.7 cm³/mol. The van der Waals surface area contributed by atoms with E-state index >= 15 is 0 Å². The quantitative estimate of drug-likeness (QED) is 0.444. The van der Waals surface area contributed by atoms with Crippen molar-refractivity contribution in [2.45, 2.75) is 52.0 Å². The molecular formula is C13H29IN4. The fourth-order valence-electron chi connectivity index (χ4n) is 2.19. The van der Waals surface area contributed by atoms with Crippen LogP contribution in [0.4, 0.5) is 0 Å². The van der Waals surface area contributed by atoms with E-state index in [0.717, 1.165) is 19.5 Å². The molecule has 0 radical (unpaired) electrons. The van der Waals surface area contributed by atoms with Gasteiger partial charge in [-0.15, -0.1) is 24.0 Å². The third-order valence-corrected chi connectivity index (χ3v) is 3.40. The van der Waals surface area contributed by atoms with Crippen LogP contribution in [0.15, 0.2) is 4.99 Å². The lowest BCUT2D eigenvalue weighted by Crippen LogP contribution is -2.49. The molecule has 5 heteroatoms. The standard InChI is InChI=1S/C13H28N4.HI/c1-4-8-15-12(14)16-11-13(2,3)17-9-6-5-7-10-17;/h4-11H2,1-3H3,(H3,14,15,16);1H. The molecule has 0 amide bonds. The summed E-state index contributed by atoms with van der Waals surface area (Å²) in [6.07, 6.45) is 5.08. The largest absolute Gasteiger partial charge is 0.370 e. The van der Waals surface area contributed by atoms with Gasteiger partial charge in [0.15, 0.2) is 5.96 Å². The molecule has 1 fully saturated rings. The number of hydrogen-bond acceptors (Lipinski definition) is 2. The maximum atomic E-state index is 5.82. The third kappa shape index (κ3) is 6.22. The fourth-order valence-corrected chi connectivity index (χ4v) is 2.19. The van der Waals surface area contributed by atoms with Crippen molar-refractivity contribution in [2.75, 3.05) is 26.2 Å². The van der Waals surface area contributed by atoms with E-state index < -0.39 is 0 Å². The third-order valence-electron chi connectivity index (χ3n) is 3.40. The Morgan fingerprint density at radius 1 is 1.28 bits per heavy atom. The van der Waals surface area contributed by atoms with Gasteiger partial charge in [-0.2, -0.15) is 0 Å². The zero-order valence-corrected chi connectivity index (χ0v) is 14.4. The van der Waals surface area contributed by atoms with E-state index in [0.29, 0.717) is 5.96 Å². The van der Waals surface area contributed by atoms with Crippen LogP contribution in [0.5, 0.6) is 0 Å². The highest BCUT2D eigenvalue weighted by Crippen LogP contribution is 2.20. The van der Waals surface area contributed by atoms with Crippen LogP contribution in [-0.4, -0.2) is 42.6 Å². The van der Waals surface area contributed by atoms with E-state index in [1.165, 1.54) is 32.4 Å². The van der Waals surface area contributed by atoms with Crippen molar-refractivity contribution in [3.8, 4) is 0 Å². The van der Waals surface area contributed by atoms with E-state index in [2.05, 4.69) is 36.0 Å². The van der Waals surface area contributed by atoms with Gasteiger partial charge in [-0.1, -0.05) is 13.3 Å². The van der Waals surface area contributed by atoms with Crippen LogP contribution >= 0.6 is 24.0 Å². The molecule has 0 aromatic heterocycles. The van der Waals surface area contributed by atoms with Gasteiger partial charge < -0.3 is 11.1 Å². The molecule has 1 aliphatic heterocycles. The van der Waals surface area contributed by atoms with Crippen LogP contribution in [0.2, 0.25) is 0 Å². The SMILES string of the molecule is CCCNC(N)=NCC(C)(C)N1CCCCC1.I. The van der Waals surface area contributed by atoms with Crippen LogP contribution in [0.3, 0.4) is 0 Å². The van der Waals surface area contributed by atoms with Gasteiger partial charge in [-0.3, -0.25) is 9.89 Å². The monoisotopic (exact) mass is 368 g/mol. The summed E-state index contributed by atoms with van der Waals surface area (Å²) in [6, 6.07) is 0. The molecule has 0 aromatic rings. The number of piperidine rings is 1. The van der Waals surface area contributed by atoms with E-state index in [1.54, 1.807) is 0 Å². The first-order valence-electron chi connectivity index (χ1n) is 6.85. The zero-order chi connectivity index (χ0) is 12.7. The van der Waals surface area contributed by atoms with Crippen molar-refractivity contribution in [2.24, 2.45) is 10.7 Å². The van der Waals surface area contributed by atoms with Crippen molar-refractivity contribution in [3.63, 3.8) is 0 Å². The Morgan fingerprint density at radius 2 is 1.89 bits per heavy atom. The minimum atomic E-state index is 0. The van der Waals surface area contributed by atoms with Crippen molar-refractivity contribution >= 4 is 29.9 Å². The molecule has 1 aliphatic rings. The van der Waals surface area contributed by atoms with Crippen LogP contribution in [-0.2, 0) is 0 Å². The molecule has 0 unspecified atom stereocenters. The number of nitrogens with two attached hydrogens (primary N) is 1. The van der Waals surface area contributed by atoms with Crippen molar-refractivity contribution < 1.29 is 0 Å². The highest BCUT2D eigenvalue weighted by Gasteiger charge is 2.27. The van der Waals surface area contributed by atoms with Gasteiger partial charge in [0.05, 0.1) is 6.54 Å². The summed E-state index contributed by atoms with van der Waals surface area (Å²) >= 11 is 0. The molecule has 1 saturated heterocycles. The van der Waals surface area contributed by atoms with Crippen LogP contribution in [0, 0.1) is 0 Å². The molecule has 0 atom stereocenters. The van der Waals surface area contributed by atoms with Crippen molar-refractivity contribution in [1.82, 2.24) is 10.2 Å². The highest BCUT2D eigenvalue weighted by molar-refractivity contribution is 14.0. The zero-order valence-electron chi connectivity index (χ0n) is 12.0. The first-order valence-corrected chi connectivity index (χ1v) is 6.85. The van der Waals surface area contributed by atoms with E-state index in [1.807, 2.05) is 0 Å². The molecule has 1 heterocycles. The number of likely N-dealkylation sites (tertiary alicyclic amines) is 1. The molecule has 1 rings (SSSR count). The minimum absolute atomic E-state index is 0. The second kappa shape index (κ2) is 8.96. The molecule has 18 heavy (non-hydrogen) atoms. The Balaban J connectivity index is 0.00000289. The number of halogens is 1. The maximum Gasteiger partial charge on any atom is 0.188 e. The average molecular weight is 368 g/mol. The summed E-state index contributed by atoms with van der Waals surface area (Å²) in [5.74, 6) is 0.580. The lowest BCUT2D eigenvalue weighted by atomic mass is 9.99. The molecule has 0 saturated carbocycles. The van der Waals surface area contributed by atoms with Gasteiger partial charge >= 0.3 is 0 Å². The molecule has 0 bridgehead atoms. The Morgan fingerprint density at radius 3 is 2.44 bits per heavy atom. The van der Waals surface area contributed by atoms with Crippen LogP contribution in [0.1, 0.15) is 46.5 Å². The Labute approximate surface area is 129 Å². The van der Waals surface area contributed by atoms with Gasteiger partial charge in [0, 0.05) is 12.1 Å². The Kier molecular flexibility index (Phi) is 8.94. The number of nitrogens with zero attached hydrogens (tertiary/aromatic N) is 2. The molecule has 0 spiro atoms. The summed E-state index contributed by atoms with van der Waals surface area (Å²) in [6.45, 7) is 10.7. The summed E-state index contributed by atoms with van der Waals surface area (Å²) in [4.78, 5) is 6.99. The number of guanidine groups is 1. The molecule has 3 N–H and O–H groups in total. The van der Waals surface area contributed by atoms with Gasteiger partial charge in [-0.25, -0.2) is 0 Å². The van der Waals surface area contributed by atoms with Crippen molar-refractivity contribution in [3.05, 3.63) is 0 Å². The first kappa shape index (κ1) is 18.0. The minimum Gasteiger partial charge on any atom is -0.370 e. The lowest BCUT2D eigenvalue weighted by Gasteiger charge is -2.40. The lowest BCUT2D eigenvalue weighted by molar-refractivity contribution is 0.102. The van der Waals surface area contributed by atoms with Gasteiger partial charge in [0.25, 0.3) is 0 Å². The number of hydrogen-bond donors (Lipinski definition) is 2. The van der Waals surface area contributed by atoms with Gasteiger partial charge in [0.2, 0.25) is 0 Å².